The summed E-state index contributed by atoms with van der Waals surface area (Å²) in [6.45, 7) is 31.0. The van der Waals surface area contributed by atoms with E-state index in [-0.39, 0.29) is 22.3 Å². The standard InChI is InChI=1S/C28H58O3Si2/c1-22(2)15-14-16-25(31-33(12,13)28(7,8)9)21-24-18-17-23(3)26(30-24)19-20-29-32(10,11)27(4,5)6/h14,16,22-26H,15,17-21H2,1-13H3/b16-14+/t23-,24-,25-,26+/m0/s1. The van der Waals surface area contributed by atoms with Crippen LogP contribution in [0.5, 0.6) is 0 Å². The molecule has 0 N–H and O–H groups in total. The van der Waals surface area contributed by atoms with Crippen LogP contribution in [0.2, 0.25) is 36.3 Å². The molecular weight excluding hydrogens is 440 g/mol. The first-order valence-electron chi connectivity index (χ1n) is 13.5. The molecule has 0 amide bonds. The summed E-state index contributed by atoms with van der Waals surface area (Å²) in [6.07, 6.45) is 10.8. The molecule has 0 aromatic carbocycles. The summed E-state index contributed by atoms with van der Waals surface area (Å²) >= 11 is 0. The summed E-state index contributed by atoms with van der Waals surface area (Å²) in [5.74, 6) is 1.27. The number of rotatable bonds is 11. The van der Waals surface area contributed by atoms with Crippen molar-refractivity contribution in [3.63, 3.8) is 0 Å². The highest BCUT2D eigenvalue weighted by atomic mass is 28.4. The van der Waals surface area contributed by atoms with E-state index in [1.807, 2.05) is 0 Å². The van der Waals surface area contributed by atoms with Gasteiger partial charge in [0, 0.05) is 13.0 Å². The van der Waals surface area contributed by atoms with E-state index in [9.17, 15) is 0 Å². The van der Waals surface area contributed by atoms with Gasteiger partial charge in [-0.3, -0.25) is 0 Å². The summed E-state index contributed by atoms with van der Waals surface area (Å²) < 4.78 is 20.0. The highest BCUT2D eigenvalue weighted by Gasteiger charge is 2.40. The van der Waals surface area contributed by atoms with Gasteiger partial charge < -0.3 is 13.6 Å². The van der Waals surface area contributed by atoms with E-state index in [4.69, 9.17) is 13.6 Å². The maximum atomic E-state index is 6.87. The van der Waals surface area contributed by atoms with Gasteiger partial charge in [-0.15, -0.1) is 0 Å². The van der Waals surface area contributed by atoms with Crippen molar-refractivity contribution in [3.05, 3.63) is 12.2 Å². The van der Waals surface area contributed by atoms with Crippen molar-refractivity contribution in [2.45, 2.75) is 149 Å². The fraction of sp³-hybridized carbons (Fsp3) is 0.929. The van der Waals surface area contributed by atoms with Crippen molar-refractivity contribution in [1.29, 1.82) is 0 Å². The fourth-order valence-corrected chi connectivity index (χ4v) is 6.09. The summed E-state index contributed by atoms with van der Waals surface area (Å²) in [5.41, 5.74) is 0. The van der Waals surface area contributed by atoms with E-state index < -0.39 is 16.6 Å². The second-order valence-corrected chi connectivity index (χ2v) is 23.5. The van der Waals surface area contributed by atoms with Crippen LogP contribution in [0.3, 0.4) is 0 Å². The minimum absolute atomic E-state index is 0.146. The average Bonchev–Trinajstić information content (AvgIpc) is 2.61. The number of hydrogen-bond donors (Lipinski definition) is 0. The third-order valence-electron chi connectivity index (χ3n) is 8.32. The predicted molar refractivity (Wildman–Crippen MR) is 150 cm³/mol. The summed E-state index contributed by atoms with van der Waals surface area (Å²) in [5, 5.41) is 0.466. The second-order valence-electron chi connectivity index (χ2n) is 14.0. The molecule has 0 saturated carbocycles. The third-order valence-corrected chi connectivity index (χ3v) is 17.4. The second kappa shape index (κ2) is 12.3. The third kappa shape index (κ3) is 10.3. The van der Waals surface area contributed by atoms with Crippen molar-refractivity contribution in [1.82, 2.24) is 0 Å². The van der Waals surface area contributed by atoms with E-state index in [0.717, 1.165) is 32.3 Å². The highest BCUT2D eigenvalue weighted by molar-refractivity contribution is 6.74. The Balaban J connectivity index is 2.79. The van der Waals surface area contributed by atoms with E-state index in [2.05, 4.69) is 101 Å². The zero-order valence-corrected chi connectivity index (χ0v) is 26.5. The lowest BCUT2D eigenvalue weighted by Crippen LogP contribution is -2.45. The Morgan fingerprint density at radius 1 is 0.939 bits per heavy atom. The quantitative estimate of drug-likeness (QED) is 0.210. The Hall–Kier alpha value is 0.0538. The first-order valence-corrected chi connectivity index (χ1v) is 19.3. The molecule has 0 radical (unpaired) electrons. The highest BCUT2D eigenvalue weighted by Crippen LogP contribution is 2.39. The molecule has 1 rings (SSSR count). The first kappa shape index (κ1) is 31.1. The van der Waals surface area contributed by atoms with Gasteiger partial charge in [0.05, 0.1) is 18.3 Å². The van der Waals surface area contributed by atoms with E-state index in [1.165, 1.54) is 6.42 Å². The van der Waals surface area contributed by atoms with E-state index in [0.29, 0.717) is 17.9 Å². The van der Waals surface area contributed by atoms with Crippen LogP contribution in [0, 0.1) is 11.8 Å². The number of hydrogen-bond acceptors (Lipinski definition) is 3. The van der Waals surface area contributed by atoms with Gasteiger partial charge >= 0.3 is 0 Å². The molecule has 1 aliphatic heterocycles. The summed E-state index contributed by atoms with van der Waals surface area (Å²) in [7, 11) is -3.55. The molecule has 0 unspecified atom stereocenters. The van der Waals surface area contributed by atoms with Crippen LogP contribution in [0.4, 0.5) is 0 Å². The van der Waals surface area contributed by atoms with Gasteiger partial charge in [-0.1, -0.05) is 74.5 Å². The molecule has 1 heterocycles. The molecule has 0 aromatic heterocycles. The van der Waals surface area contributed by atoms with Gasteiger partial charge in [0.15, 0.2) is 16.6 Å². The molecular formula is C28H58O3Si2. The maximum Gasteiger partial charge on any atom is 0.192 e. The molecule has 1 saturated heterocycles. The zero-order valence-electron chi connectivity index (χ0n) is 24.5. The van der Waals surface area contributed by atoms with Gasteiger partial charge in [0.1, 0.15) is 0 Å². The van der Waals surface area contributed by atoms with Crippen molar-refractivity contribution in [2.24, 2.45) is 11.8 Å². The SMILES string of the molecule is CC(C)C/C=C/[C@@H](C[C@@H]1CC[C@H](C)[C@@H](CCO[Si](C)(C)C(C)(C)C)O1)O[Si](C)(C)C(C)(C)C. The molecule has 0 aliphatic carbocycles. The fourth-order valence-electron chi connectivity index (χ4n) is 3.74. The molecule has 1 fully saturated rings. The average molecular weight is 499 g/mol. The monoisotopic (exact) mass is 498 g/mol. The molecule has 4 atom stereocenters. The molecule has 0 aromatic rings. The van der Waals surface area contributed by atoms with Crippen molar-refractivity contribution >= 4 is 16.6 Å². The molecule has 3 nitrogen and oxygen atoms in total. The van der Waals surface area contributed by atoms with Gasteiger partial charge in [0.25, 0.3) is 0 Å². The van der Waals surface area contributed by atoms with Crippen molar-refractivity contribution in [3.8, 4) is 0 Å². The van der Waals surface area contributed by atoms with E-state index in [1.54, 1.807) is 0 Å². The Kier molecular flexibility index (Phi) is 11.6. The zero-order chi connectivity index (χ0) is 25.7. The van der Waals surface area contributed by atoms with Crippen LogP contribution in [-0.4, -0.2) is 41.6 Å². The Bertz CT molecular complexity index is 599. The Morgan fingerprint density at radius 3 is 2.03 bits per heavy atom. The number of allylic oxidation sites excluding steroid dienone is 1. The molecule has 0 spiro atoms. The van der Waals surface area contributed by atoms with Crippen molar-refractivity contribution < 1.29 is 13.6 Å². The molecule has 33 heavy (non-hydrogen) atoms. The lowest BCUT2D eigenvalue weighted by atomic mass is 9.90. The minimum atomic E-state index is -1.84. The maximum absolute atomic E-state index is 6.87. The van der Waals surface area contributed by atoms with Crippen molar-refractivity contribution in [2.75, 3.05) is 6.61 Å². The van der Waals surface area contributed by atoms with Crippen LogP contribution >= 0.6 is 0 Å². The van der Waals surface area contributed by atoms with Crippen LogP contribution < -0.4 is 0 Å². The molecule has 5 heteroatoms. The lowest BCUT2D eigenvalue weighted by Gasteiger charge is -2.41. The van der Waals surface area contributed by atoms with Gasteiger partial charge in [-0.2, -0.15) is 0 Å². The Morgan fingerprint density at radius 2 is 1.52 bits per heavy atom. The van der Waals surface area contributed by atoms with E-state index >= 15 is 0 Å². The van der Waals surface area contributed by atoms with Crippen LogP contribution in [0.15, 0.2) is 12.2 Å². The van der Waals surface area contributed by atoms with Gasteiger partial charge in [-0.05, 0) is 73.8 Å². The topological polar surface area (TPSA) is 27.7 Å². The molecule has 196 valence electrons. The van der Waals surface area contributed by atoms with Crippen LogP contribution in [0.1, 0.15) is 94.4 Å². The Labute approximate surface area is 209 Å². The largest absolute Gasteiger partial charge is 0.417 e. The lowest BCUT2D eigenvalue weighted by molar-refractivity contribution is -0.0958. The normalized spacial score (nSPS) is 24.6. The first-order chi connectivity index (χ1) is 14.9. The smallest absolute Gasteiger partial charge is 0.192 e. The summed E-state index contributed by atoms with van der Waals surface area (Å²) in [6, 6.07) is 0. The molecule has 0 bridgehead atoms. The van der Waals surface area contributed by atoms with Crippen LogP contribution in [0.25, 0.3) is 0 Å². The van der Waals surface area contributed by atoms with Gasteiger partial charge in [0.2, 0.25) is 0 Å². The number of ether oxygens (including phenoxy) is 1. The van der Waals surface area contributed by atoms with Gasteiger partial charge in [-0.25, -0.2) is 0 Å². The van der Waals surface area contributed by atoms with Crippen LogP contribution in [-0.2, 0) is 13.6 Å². The minimum Gasteiger partial charge on any atom is -0.417 e. The molecule has 1 aliphatic rings. The predicted octanol–water partition coefficient (Wildman–Crippen LogP) is 8.96. The summed E-state index contributed by atoms with van der Waals surface area (Å²) in [4.78, 5) is 0.